The van der Waals surface area contributed by atoms with Gasteiger partial charge in [0.05, 0.1) is 11.9 Å². The highest BCUT2D eigenvalue weighted by Crippen LogP contribution is 2.33. The van der Waals surface area contributed by atoms with Crippen molar-refractivity contribution in [1.29, 1.82) is 0 Å². The van der Waals surface area contributed by atoms with Gasteiger partial charge >= 0.3 is 0 Å². The molecular weight excluding hydrogens is 403 g/mol. The molecule has 0 unspecified atom stereocenters. The van der Waals surface area contributed by atoms with E-state index in [2.05, 4.69) is 15.0 Å². The maximum atomic E-state index is 14.7. The van der Waals surface area contributed by atoms with Gasteiger partial charge in [-0.1, -0.05) is 17.7 Å². The molecule has 0 spiro atoms. The first kappa shape index (κ1) is 19.0. The molecule has 0 bridgehead atoms. The SMILES string of the molecule is Cc1cc(Cl)cc(-c2ncnc3[nH]c(C4=CCN(S(C)(=O)=O)CC4)cc23)c1F. The van der Waals surface area contributed by atoms with Gasteiger partial charge in [-0.15, -0.1) is 0 Å². The van der Waals surface area contributed by atoms with E-state index >= 15 is 0 Å². The lowest BCUT2D eigenvalue weighted by molar-refractivity contribution is 0.445. The fourth-order valence-corrected chi connectivity index (χ4v) is 4.46. The van der Waals surface area contributed by atoms with Crippen molar-refractivity contribution in [3.63, 3.8) is 0 Å². The molecule has 3 heterocycles. The molecular formula is C19H18ClFN4O2S. The van der Waals surface area contributed by atoms with Gasteiger partial charge in [-0.05, 0) is 42.7 Å². The summed E-state index contributed by atoms with van der Waals surface area (Å²) < 4.78 is 39.5. The largest absolute Gasteiger partial charge is 0.339 e. The van der Waals surface area contributed by atoms with Gasteiger partial charge in [-0.2, -0.15) is 4.31 Å². The number of halogens is 2. The van der Waals surface area contributed by atoms with Gasteiger partial charge in [0.15, 0.2) is 0 Å². The number of aryl methyl sites for hydroxylation is 1. The summed E-state index contributed by atoms with van der Waals surface area (Å²) in [5, 5.41) is 1.12. The van der Waals surface area contributed by atoms with Crippen LogP contribution in [-0.2, 0) is 10.0 Å². The minimum Gasteiger partial charge on any atom is -0.339 e. The van der Waals surface area contributed by atoms with Crippen molar-refractivity contribution < 1.29 is 12.8 Å². The smallest absolute Gasteiger partial charge is 0.211 e. The van der Waals surface area contributed by atoms with E-state index in [4.69, 9.17) is 11.6 Å². The van der Waals surface area contributed by atoms with Gasteiger partial charge in [0.2, 0.25) is 10.0 Å². The molecule has 0 radical (unpaired) electrons. The molecule has 0 saturated carbocycles. The number of H-pyrrole nitrogens is 1. The lowest BCUT2D eigenvalue weighted by Crippen LogP contribution is -2.33. The average Bonchev–Trinajstić information content (AvgIpc) is 3.08. The minimum absolute atomic E-state index is 0.323. The number of hydrogen-bond donors (Lipinski definition) is 1. The Hall–Kier alpha value is -2.29. The Morgan fingerprint density at radius 1 is 1.25 bits per heavy atom. The number of fused-ring (bicyclic) bond motifs is 1. The first-order chi connectivity index (χ1) is 13.2. The Kier molecular flexibility index (Phi) is 4.73. The molecule has 1 N–H and O–H groups in total. The zero-order valence-corrected chi connectivity index (χ0v) is 16.9. The van der Waals surface area contributed by atoms with E-state index in [1.807, 2.05) is 12.1 Å². The van der Waals surface area contributed by atoms with Crippen LogP contribution >= 0.6 is 11.6 Å². The second-order valence-corrected chi connectivity index (χ2v) is 9.27. The summed E-state index contributed by atoms with van der Waals surface area (Å²) in [5.74, 6) is -0.368. The lowest BCUT2D eigenvalue weighted by atomic mass is 10.0. The highest BCUT2D eigenvalue weighted by Gasteiger charge is 2.22. The highest BCUT2D eigenvalue weighted by atomic mass is 35.5. The monoisotopic (exact) mass is 420 g/mol. The predicted molar refractivity (Wildman–Crippen MR) is 108 cm³/mol. The van der Waals surface area contributed by atoms with Gasteiger partial charge in [0.1, 0.15) is 17.8 Å². The topological polar surface area (TPSA) is 79.0 Å². The molecule has 3 aromatic rings. The molecule has 146 valence electrons. The first-order valence-corrected chi connectivity index (χ1v) is 10.9. The molecule has 0 atom stereocenters. The molecule has 4 rings (SSSR count). The summed E-state index contributed by atoms with van der Waals surface area (Å²) in [6.07, 6.45) is 5.05. The number of nitrogens with one attached hydrogen (secondary N) is 1. The second kappa shape index (κ2) is 6.95. The molecule has 28 heavy (non-hydrogen) atoms. The van der Waals surface area contributed by atoms with E-state index < -0.39 is 10.0 Å². The molecule has 0 fully saturated rings. The van der Waals surface area contributed by atoms with Crippen LogP contribution < -0.4 is 0 Å². The molecule has 6 nitrogen and oxygen atoms in total. The van der Waals surface area contributed by atoms with Gasteiger partial charge in [0, 0.05) is 34.8 Å². The standard InChI is InChI=1S/C19H18ClFN4O2S/c1-11-7-13(20)8-14(17(11)21)18-15-9-16(24-19(15)23-10-22-18)12-3-5-25(6-4-12)28(2,26)27/h3,7-10H,4-6H2,1-2H3,(H,22,23,24). The molecule has 2 aromatic heterocycles. The Balaban J connectivity index is 1.78. The maximum absolute atomic E-state index is 14.7. The molecule has 1 aromatic carbocycles. The summed E-state index contributed by atoms with van der Waals surface area (Å²) in [4.78, 5) is 11.8. The van der Waals surface area contributed by atoms with E-state index in [0.29, 0.717) is 52.4 Å². The normalized spacial score (nSPS) is 15.8. The summed E-state index contributed by atoms with van der Waals surface area (Å²) in [6.45, 7) is 2.40. The second-order valence-electron chi connectivity index (χ2n) is 6.85. The van der Waals surface area contributed by atoms with Crippen LogP contribution in [0.25, 0.3) is 27.9 Å². The van der Waals surface area contributed by atoms with E-state index in [1.54, 1.807) is 19.1 Å². The predicted octanol–water partition coefficient (Wildman–Crippen LogP) is 3.77. The highest BCUT2D eigenvalue weighted by molar-refractivity contribution is 7.88. The molecule has 0 aliphatic carbocycles. The third-order valence-electron chi connectivity index (χ3n) is 4.89. The third kappa shape index (κ3) is 3.43. The quantitative estimate of drug-likeness (QED) is 0.699. The van der Waals surface area contributed by atoms with Gasteiger partial charge in [-0.25, -0.2) is 22.8 Å². The molecule has 0 saturated heterocycles. The third-order valence-corrected chi connectivity index (χ3v) is 6.37. The van der Waals surface area contributed by atoms with Crippen molar-refractivity contribution in [2.45, 2.75) is 13.3 Å². The van der Waals surface area contributed by atoms with Crippen LogP contribution in [-0.4, -0.2) is 47.0 Å². The van der Waals surface area contributed by atoms with E-state index in [-0.39, 0.29) is 5.82 Å². The van der Waals surface area contributed by atoms with Crippen LogP contribution in [0.2, 0.25) is 5.02 Å². The number of hydrogen-bond acceptors (Lipinski definition) is 4. The van der Waals surface area contributed by atoms with Crippen LogP contribution in [0.5, 0.6) is 0 Å². The fourth-order valence-electron chi connectivity index (χ4n) is 3.42. The summed E-state index contributed by atoms with van der Waals surface area (Å²) in [6, 6.07) is 5.01. The van der Waals surface area contributed by atoms with Gasteiger partial charge in [0.25, 0.3) is 0 Å². The van der Waals surface area contributed by atoms with E-state index in [0.717, 1.165) is 11.3 Å². The molecule has 9 heteroatoms. The van der Waals surface area contributed by atoms with Crippen molar-refractivity contribution in [1.82, 2.24) is 19.3 Å². The Morgan fingerprint density at radius 2 is 2.04 bits per heavy atom. The Bertz CT molecular complexity index is 1220. The molecule has 1 aliphatic rings. The van der Waals surface area contributed by atoms with Crippen LogP contribution in [0, 0.1) is 12.7 Å². The van der Waals surface area contributed by atoms with Crippen molar-refractivity contribution >= 4 is 38.2 Å². The Labute approximate surface area is 167 Å². The molecule has 0 amide bonds. The maximum Gasteiger partial charge on any atom is 0.211 e. The Morgan fingerprint density at radius 3 is 2.71 bits per heavy atom. The van der Waals surface area contributed by atoms with Crippen molar-refractivity contribution in [3.05, 3.63) is 52.7 Å². The summed E-state index contributed by atoms with van der Waals surface area (Å²) in [7, 11) is -3.21. The lowest BCUT2D eigenvalue weighted by Gasteiger charge is -2.23. The number of aromatic nitrogens is 3. The van der Waals surface area contributed by atoms with Gasteiger partial charge in [-0.3, -0.25) is 0 Å². The summed E-state index contributed by atoms with van der Waals surface area (Å²) >= 11 is 6.12. The van der Waals surface area contributed by atoms with Gasteiger partial charge < -0.3 is 4.98 Å². The molecule has 1 aliphatic heterocycles. The minimum atomic E-state index is -3.21. The number of nitrogens with zero attached hydrogens (tertiary/aromatic N) is 3. The number of benzene rings is 1. The van der Waals surface area contributed by atoms with E-state index in [1.165, 1.54) is 16.9 Å². The van der Waals surface area contributed by atoms with Crippen LogP contribution in [0.1, 0.15) is 17.7 Å². The average molecular weight is 421 g/mol. The van der Waals surface area contributed by atoms with E-state index in [9.17, 15) is 12.8 Å². The van der Waals surface area contributed by atoms with Crippen LogP contribution in [0.4, 0.5) is 4.39 Å². The first-order valence-electron chi connectivity index (χ1n) is 8.68. The van der Waals surface area contributed by atoms with Crippen molar-refractivity contribution in [2.24, 2.45) is 0 Å². The van der Waals surface area contributed by atoms with Crippen molar-refractivity contribution in [2.75, 3.05) is 19.3 Å². The number of rotatable bonds is 3. The number of sulfonamides is 1. The zero-order valence-electron chi connectivity index (χ0n) is 15.3. The fraction of sp³-hybridized carbons (Fsp3) is 0.263. The zero-order chi connectivity index (χ0) is 20.1. The van der Waals surface area contributed by atoms with Crippen molar-refractivity contribution in [3.8, 4) is 11.3 Å². The number of aromatic amines is 1. The summed E-state index contributed by atoms with van der Waals surface area (Å²) in [5.41, 5.74) is 3.63. The van der Waals surface area contributed by atoms with Crippen LogP contribution in [0.15, 0.2) is 30.6 Å². The van der Waals surface area contributed by atoms with Crippen LogP contribution in [0.3, 0.4) is 0 Å².